The first-order valence-electron chi connectivity index (χ1n) is 5.87. The molecule has 1 heterocycles. The molecular formula is C15H16Cl2S. The van der Waals surface area contributed by atoms with Crippen molar-refractivity contribution < 1.29 is 0 Å². The van der Waals surface area contributed by atoms with Crippen molar-refractivity contribution in [3.05, 3.63) is 56.7 Å². The molecule has 0 aliphatic heterocycles. The molecule has 1 aromatic heterocycles. The van der Waals surface area contributed by atoms with Gasteiger partial charge >= 0.3 is 0 Å². The van der Waals surface area contributed by atoms with Crippen LogP contribution in [0.3, 0.4) is 0 Å². The third-order valence-corrected chi connectivity index (χ3v) is 5.18. The van der Waals surface area contributed by atoms with Gasteiger partial charge in [-0.05, 0) is 35.2 Å². The maximum absolute atomic E-state index is 6.52. The summed E-state index contributed by atoms with van der Waals surface area (Å²) in [6, 6.07) is 12.0. The van der Waals surface area contributed by atoms with Crippen LogP contribution < -0.4 is 0 Å². The lowest BCUT2D eigenvalue weighted by Crippen LogP contribution is -2.07. The molecule has 0 radical (unpaired) electrons. The molecule has 0 nitrogen and oxygen atoms in total. The molecule has 0 saturated carbocycles. The minimum atomic E-state index is -0.121. The first-order chi connectivity index (χ1) is 8.38. The zero-order valence-corrected chi connectivity index (χ0v) is 13.0. The molecule has 0 bridgehead atoms. The molecule has 3 heteroatoms. The van der Waals surface area contributed by atoms with E-state index in [0.717, 1.165) is 10.6 Å². The molecule has 0 amide bonds. The first-order valence-corrected chi connectivity index (χ1v) is 7.51. The number of hydrogen-bond acceptors (Lipinski definition) is 1. The minimum absolute atomic E-state index is 0.121. The van der Waals surface area contributed by atoms with Gasteiger partial charge in [0, 0.05) is 14.8 Å². The topological polar surface area (TPSA) is 0 Å². The van der Waals surface area contributed by atoms with Gasteiger partial charge < -0.3 is 0 Å². The van der Waals surface area contributed by atoms with Gasteiger partial charge in [-0.15, -0.1) is 22.9 Å². The van der Waals surface area contributed by atoms with Crippen molar-refractivity contribution in [1.29, 1.82) is 0 Å². The van der Waals surface area contributed by atoms with E-state index in [-0.39, 0.29) is 10.8 Å². The molecule has 96 valence electrons. The summed E-state index contributed by atoms with van der Waals surface area (Å²) in [5.74, 6) is 0. The summed E-state index contributed by atoms with van der Waals surface area (Å²) in [6.07, 6.45) is 0. The van der Waals surface area contributed by atoms with Crippen LogP contribution in [0.2, 0.25) is 5.02 Å². The molecule has 0 aliphatic rings. The zero-order chi connectivity index (χ0) is 13.3. The average Bonchev–Trinajstić information content (AvgIpc) is 2.77. The summed E-state index contributed by atoms with van der Waals surface area (Å²) >= 11 is 14.3. The molecule has 1 atom stereocenters. The minimum Gasteiger partial charge on any atom is -0.143 e. The van der Waals surface area contributed by atoms with Crippen molar-refractivity contribution in [1.82, 2.24) is 0 Å². The van der Waals surface area contributed by atoms with E-state index in [1.54, 1.807) is 11.3 Å². The van der Waals surface area contributed by atoms with Crippen LogP contribution in [0.4, 0.5) is 0 Å². The van der Waals surface area contributed by atoms with Crippen molar-refractivity contribution in [2.24, 2.45) is 0 Å². The van der Waals surface area contributed by atoms with E-state index in [1.807, 2.05) is 24.3 Å². The predicted octanol–water partition coefficient (Wildman–Crippen LogP) is 6.03. The van der Waals surface area contributed by atoms with E-state index in [4.69, 9.17) is 23.2 Å². The van der Waals surface area contributed by atoms with Gasteiger partial charge in [-0.1, -0.05) is 44.5 Å². The Morgan fingerprint density at radius 1 is 1.11 bits per heavy atom. The van der Waals surface area contributed by atoms with E-state index in [1.165, 1.54) is 9.75 Å². The highest BCUT2D eigenvalue weighted by Gasteiger charge is 2.19. The lowest BCUT2D eigenvalue weighted by atomic mass is 9.95. The Hall–Kier alpha value is -0.500. The van der Waals surface area contributed by atoms with Gasteiger partial charge in [0.2, 0.25) is 0 Å². The summed E-state index contributed by atoms with van der Waals surface area (Å²) in [4.78, 5) is 2.52. The van der Waals surface area contributed by atoms with E-state index >= 15 is 0 Å². The van der Waals surface area contributed by atoms with Crippen LogP contribution in [0, 0.1) is 0 Å². The lowest BCUT2D eigenvalue weighted by molar-refractivity contribution is 0.604. The number of rotatable bonds is 2. The Morgan fingerprint density at radius 3 is 2.39 bits per heavy atom. The number of hydrogen-bond donors (Lipinski definition) is 0. The summed E-state index contributed by atoms with van der Waals surface area (Å²) in [6.45, 7) is 6.64. The molecule has 0 fully saturated rings. The maximum Gasteiger partial charge on any atom is 0.0928 e. The number of alkyl halides is 1. The standard InChI is InChI=1S/C15H16Cl2S/c1-15(2,3)13-8-7-12(18-13)14(17)10-5-4-6-11(16)9-10/h4-9,14H,1-3H3. The average molecular weight is 299 g/mol. The van der Waals surface area contributed by atoms with Crippen LogP contribution in [0.15, 0.2) is 36.4 Å². The Kier molecular flexibility index (Phi) is 4.05. The smallest absolute Gasteiger partial charge is 0.0928 e. The molecular weight excluding hydrogens is 283 g/mol. The predicted molar refractivity (Wildman–Crippen MR) is 82.2 cm³/mol. The van der Waals surface area contributed by atoms with E-state index in [9.17, 15) is 0 Å². The molecule has 2 rings (SSSR count). The fraction of sp³-hybridized carbons (Fsp3) is 0.333. The number of halogens is 2. The Balaban J connectivity index is 2.29. The second kappa shape index (κ2) is 5.24. The lowest BCUT2D eigenvalue weighted by Gasteiger charge is -2.15. The van der Waals surface area contributed by atoms with Crippen molar-refractivity contribution in [2.75, 3.05) is 0 Å². The first kappa shape index (κ1) is 13.9. The van der Waals surface area contributed by atoms with Crippen molar-refractivity contribution in [3.63, 3.8) is 0 Å². The van der Waals surface area contributed by atoms with Gasteiger partial charge in [-0.25, -0.2) is 0 Å². The summed E-state index contributed by atoms with van der Waals surface area (Å²) in [5, 5.41) is 0.607. The quantitative estimate of drug-likeness (QED) is 0.594. The highest BCUT2D eigenvalue weighted by Crippen LogP contribution is 2.38. The van der Waals surface area contributed by atoms with E-state index < -0.39 is 0 Å². The fourth-order valence-corrected chi connectivity index (χ4v) is 3.33. The summed E-state index contributed by atoms with van der Waals surface area (Å²) in [5.41, 5.74) is 1.22. The van der Waals surface area contributed by atoms with Crippen LogP contribution in [-0.2, 0) is 5.41 Å². The highest BCUT2D eigenvalue weighted by molar-refractivity contribution is 7.12. The molecule has 18 heavy (non-hydrogen) atoms. The van der Waals surface area contributed by atoms with Gasteiger partial charge in [0.15, 0.2) is 0 Å². The number of benzene rings is 1. The van der Waals surface area contributed by atoms with Crippen LogP contribution in [0.5, 0.6) is 0 Å². The van der Waals surface area contributed by atoms with Gasteiger partial charge in [-0.3, -0.25) is 0 Å². The van der Waals surface area contributed by atoms with Crippen molar-refractivity contribution in [3.8, 4) is 0 Å². The molecule has 2 aromatic rings. The second-order valence-electron chi connectivity index (χ2n) is 5.37. The Morgan fingerprint density at radius 2 is 1.83 bits per heavy atom. The Labute approximate surface area is 123 Å². The van der Waals surface area contributed by atoms with Crippen LogP contribution in [0.1, 0.15) is 41.5 Å². The highest BCUT2D eigenvalue weighted by atomic mass is 35.5. The third-order valence-electron chi connectivity index (χ3n) is 2.76. The molecule has 0 N–H and O–H groups in total. The summed E-state index contributed by atoms with van der Waals surface area (Å²) in [7, 11) is 0. The van der Waals surface area contributed by atoms with E-state index in [2.05, 4.69) is 32.9 Å². The normalized spacial score (nSPS) is 13.6. The van der Waals surface area contributed by atoms with Gasteiger partial charge in [0.1, 0.15) is 0 Å². The fourth-order valence-electron chi connectivity index (χ4n) is 1.72. The molecule has 0 aliphatic carbocycles. The number of thiophene rings is 1. The third kappa shape index (κ3) is 3.09. The van der Waals surface area contributed by atoms with Crippen LogP contribution in [0.25, 0.3) is 0 Å². The van der Waals surface area contributed by atoms with Gasteiger partial charge in [-0.2, -0.15) is 0 Å². The van der Waals surface area contributed by atoms with Crippen LogP contribution >= 0.6 is 34.5 Å². The van der Waals surface area contributed by atoms with Crippen LogP contribution in [-0.4, -0.2) is 0 Å². The Bertz CT molecular complexity index is 537. The van der Waals surface area contributed by atoms with Gasteiger partial charge in [0.05, 0.1) is 5.38 Å². The SMILES string of the molecule is CC(C)(C)c1ccc(C(Cl)c2cccc(Cl)c2)s1. The summed E-state index contributed by atoms with van der Waals surface area (Å²) < 4.78 is 0. The van der Waals surface area contributed by atoms with E-state index in [0.29, 0.717) is 0 Å². The monoisotopic (exact) mass is 298 g/mol. The largest absolute Gasteiger partial charge is 0.143 e. The van der Waals surface area contributed by atoms with Gasteiger partial charge in [0.25, 0.3) is 0 Å². The molecule has 0 spiro atoms. The zero-order valence-electron chi connectivity index (χ0n) is 10.7. The van der Waals surface area contributed by atoms with Crippen molar-refractivity contribution >= 4 is 34.5 Å². The molecule has 1 aromatic carbocycles. The van der Waals surface area contributed by atoms with Crippen molar-refractivity contribution in [2.45, 2.75) is 31.6 Å². The molecule has 0 saturated heterocycles. The maximum atomic E-state index is 6.52. The second-order valence-corrected chi connectivity index (χ2v) is 7.36. The molecule has 1 unspecified atom stereocenters.